The predicted octanol–water partition coefficient (Wildman–Crippen LogP) is 5.02. The predicted molar refractivity (Wildman–Crippen MR) is 130 cm³/mol. The number of ketones is 1. The van der Waals surface area contributed by atoms with E-state index in [2.05, 4.69) is 19.2 Å². The molecule has 0 saturated carbocycles. The molecule has 3 rings (SSSR count). The summed E-state index contributed by atoms with van der Waals surface area (Å²) in [4.78, 5) is 26.7. The minimum Gasteiger partial charge on any atom is -0.503 e. The summed E-state index contributed by atoms with van der Waals surface area (Å²) in [5, 5.41) is 13.7. The molecule has 2 N–H and O–H groups in total. The zero-order valence-corrected chi connectivity index (χ0v) is 21.3. The van der Waals surface area contributed by atoms with Gasteiger partial charge in [-0.25, -0.2) is 4.79 Å². The summed E-state index contributed by atoms with van der Waals surface area (Å²) < 4.78 is 16.5. The van der Waals surface area contributed by atoms with Gasteiger partial charge in [-0.15, -0.1) is 0 Å². The first-order valence-electron chi connectivity index (χ1n) is 11.7. The first kappa shape index (κ1) is 26.1. The normalized spacial score (nSPS) is 19.6. The van der Waals surface area contributed by atoms with E-state index in [0.717, 1.165) is 12.1 Å². The Morgan fingerprint density at radius 2 is 1.94 bits per heavy atom. The van der Waals surface area contributed by atoms with E-state index in [9.17, 15) is 14.7 Å². The molecule has 0 unspecified atom stereocenters. The maximum absolute atomic E-state index is 13.4. The maximum Gasteiger partial charge on any atom is 0.336 e. The van der Waals surface area contributed by atoms with Crippen LogP contribution >= 0.6 is 11.6 Å². The topological polar surface area (TPSA) is 94.1 Å². The van der Waals surface area contributed by atoms with Gasteiger partial charge in [-0.1, -0.05) is 32.4 Å². The van der Waals surface area contributed by atoms with E-state index in [1.807, 2.05) is 6.92 Å². The molecule has 186 valence electrons. The van der Waals surface area contributed by atoms with Crippen molar-refractivity contribution in [1.82, 2.24) is 5.32 Å². The van der Waals surface area contributed by atoms with Crippen molar-refractivity contribution in [2.45, 2.75) is 59.8 Å². The van der Waals surface area contributed by atoms with Crippen LogP contribution in [0.3, 0.4) is 0 Å². The molecule has 34 heavy (non-hydrogen) atoms. The minimum atomic E-state index is -0.693. The second-order valence-corrected chi connectivity index (χ2v) is 9.87. The smallest absolute Gasteiger partial charge is 0.336 e. The summed E-state index contributed by atoms with van der Waals surface area (Å²) >= 11 is 6.33. The number of halogens is 1. The largest absolute Gasteiger partial charge is 0.503 e. The number of benzene rings is 1. The average Bonchev–Trinajstić information content (AvgIpc) is 2.74. The number of ether oxygens (including phenoxy) is 3. The SMILES string of the molecule is CCCOCCOC(=O)C1=C(C)NC2=C(C(=O)CC(C)(C)C2)[C@@H]1c1cc(Cl)c(O)c(OCC)c1. The van der Waals surface area contributed by atoms with Gasteiger partial charge >= 0.3 is 5.97 Å². The fourth-order valence-electron chi connectivity index (χ4n) is 4.58. The number of hydrogen-bond acceptors (Lipinski definition) is 7. The monoisotopic (exact) mass is 491 g/mol. The van der Waals surface area contributed by atoms with Gasteiger partial charge in [0.25, 0.3) is 0 Å². The fraction of sp³-hybridized carbons (Fsp3) is 0.538. The first-order chi connectivity index (χ1) is 16.1. The molecular weight excluding hydrogens is 458 g/mol. The standard InChI is InChI=1S/C26H34ClNO6/c1-6-8-32-9-10-34-25(31)21-15(3)28-18-13-26(4,5)14-19(29)23(18)22(21)16-11-17(27)24(30)20(12-16)33-7-2/h11-12,22,28,30H,6-10,13-14H2,1-5H3/t22-/m1/s1. The van der Waals surface area contributed by atoms with Gasteiger partial charge in [0.05, 0.1) is 23.8 Å². The number of rotatable bonds is 9. The summed E-state index contributed by atoms with van der Waals surface area (Å²) in [5.74, 6) is -1.23. The average molecular weight is 492 g/mol. The van der Waals surface area contributed by atoms with Crippen molar-refractivity contribution in [3.63, 3.8) is 0 Å². The van der Waals surface area contributed by atoms with Gasteiger partial charge < -0.3 is 24.6 Å². The molecule has 0 saturated heterocycles. The Labute approximate surface area is 206 Å². The molecule has 0 aromatic heterocycles. The third-order valence-corrected chi connectivity index (χ3v) is 6.24. The summed E-state index contributed by atoms with van der Waals surface area (Å²) in [6.07, 6.45) is 1.91. The van der Waals surface area contributed by atoms with Crippen molar-refractivity contribution in [2.24, 2.45) is 5.41 Å². The lowest BCUT2D eigenvalue weighted by molar-refractivity contribution is -0.141. The summed E-state index contributed by atoms with van der Waals surface area (Å²) in [6.45, 7) is 11.0. The number of phenols is 1. The number of phenolic OH excluding ortho intramolecular Hbond substituents is 1. The molecule has 0 bridgehead atoms. The third-order valence-electron chi connectivity index (χ3n) is 5.95. The van der Waals surface area contributed by atoms with E-state index >= 15 is 0 Å². The Hall–Kier alpha value is -2.51. The number of carbonyl (C=O) groups is 2. The van der Waals surface area contributed by atoms with Crippen LogP contribution in [0.5, 0.6) is 11.5 Å². The van der Waals surface area contributed by atoms with Gasteiger partial charge in [0.2, 0.25) is 0 Å². The van der Waals surface area contributed by atoms with Crippen LogP contribution in [0.25, 0.3) is 0 Å². The van der Waals surface area contributed by atoms with Crippen LogP contribution in [0.2, 0.25) is 5.02 Å². The molecule has 8 heteroatoms. The summed E-state index contributed by atoms with van der Waals surface area (Å²) in [7, 11) is 0. The highest BCUT2D eigenvalue weighted by molar-refractivity contribution is 6.32. The Morgan fingerprint density at radius 1 is 1.21 bits per heavy atom. The van der Waals surface area contributed by atoms with Gasteiger partial charge in [0, 0.05) is 35.9 Å². The number of allylic oxidation sites excluding steroid dienone is 3. The minimum absolute atomic E-state index is 0.0324. The van der Waals surface area contributed by atoms with Crippen molar-refractivity contribution in [3.05, 3.63) is 45.3 Å². The number of aromatic hydroxyl groups is 1. The van der Waals surface area contributed by atoms with Gasteiger partial charge in [0.15, 0.2) is 17.3 Å². The third kappa shape index (κ3) is 5.58. The van der Waals surface area contributed by atoms with Crippen LogP contribution in [0, 0.1) is 5.41 Å². The molecule has 1 heterocycles. The molecule has 1 aromatic carbocycles. The van der Waals surface area contributed by atoms with Crippen molar-refractivity contribution >= 4 is 23.4 Å². The zero-order valence-electron chi connectivity index (χ0n) is 20.5. The second kappa shape index (κ2) is 10.8. The molecule has 1 aliphatic carbocycles. The Morgan fingerprint density at radius 3 is 2.62 bits per heavy atom. The fourth-order valence-corrected chi connectivity index (χ4v) is 4.80. The van der Waals surface area contributed by atoms with Crippen molar-refractivity contribution in [1.29, 1.82) is 0 Å². The van der Waals surface area contributed by atoms with E-state index in [-0.39, 0.29) is 34.3 Å². The molecule has 1 aromatic rings. The molecule has 1 atom stereocenters. The van der Waals surface area contributed by atoms with Crippen molar-refractivity contribution < 1.29 is 28.9 Å². The van der Waals surface area contributed by atoms with Crippen molar-refractivity contribution in [2.75, 3.05) is 26.4 Å². The molecular formula is C26H34ClNO6. The molecule has 0 amide bonds. The van der Waals surface area contributed by atoms with Crippen LogP contribution in [0.1, 0.15) is 65.4 Å². The summed E-state index contributed by atoms with van der Waals surface area (Å²) in [5.41, 5.74) is 2.67. The number of carbonyl (C=O) groups excluding carboxylic acids is 2. The van der Waals surface area contributed by atoms with E-state index in [4.69, 9.17) is 25.8 Å². The highest BCUT2D eigenvalue weighted by Gasteiger charge is 2.43. The lowest BCUT2D eigenvalue weighted by Gasteiger charge is -2.39. The molecule has 2 aliphatic rings. The molecule has 0 spiro atoms. The Bertz CT molecular complexity index is 1030. The number of dihydropyridines is 1. The van der Waals surface area contributed by atoms with E-state index in [1.54, 1.807) is 26.0 Å². The van der Waals surface area contributed by atoms with Gasteiger partial charge in [-0.05, 0) is 49.8 Å². The number of nitrogens with one attached hydrogen (secondary N) is 1. The Kier molecular flexibility index (Phi) is 8.31. The van der Waals surface area contributed by atoms with Crippen LogP contribution in [0.4, 0.5) is 0 Å². The lowest BCUT2D eigenvalue weighted by atomic mass is 9.68. The van der Waals surface area contributed by atoms with Gasteiger partial charge in [0.1, 0.15) is 6.61 Å². The van der Waals surface area contributed by atoms with Crippen LogP contribution < -0.4 is 10.1 Å². The van der Waals surface area contributed by atoms with Crippen molar-refractivity contribution in [3.8, 4) is 11.5 Å². The maximum atomic E-state index is 13.4. The highest BCUT2D eigenvalue weighted by atomic mass is 35.5. The van der Waals surface area contributed by atoms with Gasteiger partial charge in [-0.2, -0.15) is 0 Å². The molecule has 7 nitrogen and oxygen atoms in total. The van der Waals surface area contributed by atoms with E-state index < -0.39 is 11.9 Å². The van der Waals surface area contributed by atoms with Crippen LogP contribution in [-0.2, 0) is 19.1 Å². The van der Waals surface area contributed by atoms with Crippen LogP contribution in [-0.4, -0.2) is 43.3 Å². The van der Waals surface area contributed by atoms with Gasteiger partial charge in [-0.3, -0.25) is 4.79 Å². The quantitative estimate of drug-likeness (QED) is 0.370. The number of esters is 1. The molecule has 0 fully saturated rings. The first-order valence-corrected chi connectivity index (χ1v) is 12.1. The van der Waals surface area contributed by atoms with E-state index in [0.29, 0.717) is 55.1 Å². The molecule has 0 radical (unpaired) electrons. The lowest BCUT2D eigenvalue weighted by Crippen LogP contribution is -2.38. The Balaban J connectivity index is 2.07. The summed E-state index contributed by atoms with van der Waals surface area (Å²) in [6, 6.07) is 3.22. The number of hydrogen-bond donors (Lipinski definition) is 2. The molecule has 1 aliphatic heterocycles. The second-order valence-electron chi connectivity index (χ2n) is 9.46. The van der Waals surface area contributed by atoms with Crippen LogP contribution in [0.15, 0.2) is 34.7 Å². The van der Waals surface area contributed by atoms with E-state index in [1.165, 1.54) is 0 Å². The number of Topliss-reactive ketones (excluding diaryl/α,β-unsaturated/α-hetero) is 1. The zero-order chi connectivity index (χ0) is 25.0. The highest BCUT2D eigenvalue weighted by Crippen LogP contribution is 2.49.